The molecular formula is C51H82Cl2N4O14. The van der Waals surface area contributed by atoms with E-state index in [2.05, 4.69) is 21.3 Å². The van der Waals surface area contributed by atoms with Crippen LogP contribution in [0.4, 0.5) is 0 Å². The summed E-state index contributed by atoms with van der Waals surface area (Å²) in [6.45, 7) is 1.53. The number of carbonyl (C=O) groups is 7. The zero-order valence-electron chi connectivity index (χ0n) is 41.8. The van der Waals surface area contributed by atoms with Gasteiger partial charge in [0.15, 0.2) is 5.75 Å². The summed E-state index contributed by atoms with van der Waals surface area (Å²) in [4.78, 5) is 84.1. The van der Waals surface area contributed by atoms with Crippen molar-refractivity contribution in [1.29, 1.82) is 0 Å². The molecule has 0 heterocycles. The van der Waals surface area contributed by atoms with Gasteiger partial charge in [-0.25, -0.2) is 9.59 Å². The maximum absolute atomic E-state index is 13.0. The van der Waals surface area contributed by atoms with E-state index in [-0.39, 0.29) is 136 Å². The first-order chi connectivity index (χ1) is 34.3. The molecule has 1 atom stereocenters. The van der Waals surface area contributed by atoms with E-state index in [1.165, 1.54) is 64.2 Å². The van der Waals surface area contributed by atoms with Gasteiger partial charge in [0, 0.05) is 44.8 Å². The van der Waals surface area contributed by atoms with Crippen LogP contribution in [0.5, 0.6) is 5.75 Å². The Labute approximate surface area is 430 Å². The standard InChI is InChI=1S/C51H82Cl2N4O14/c52-41-18-17-19-42(53)49(41)71-48(63)38-70-35-33-68-31-29-55-46(60)37-69-34-32-67-30-28-54-45(59)27-26-43(51(65)66)57-50(64)40-24-22-39(23-25-40)36-56-44(58)20-15-13-11-9-7-5-3-1-2-4-6-8-10-12-14-16-21-47(61)62/h17-19,39-40,43H,1-16,20-38H2,(H,54,59)(H,55,60)(H,56,58)(H,57,64)(H,61,62)(H,65,66)/t39-,40-,43-/m0/s1. The van der Waals surface area contributed by atoms with E-state index in [1.807, 2.05) is 0 Å². The molecule has 18 nitrogen and oxygen atoms in total. The summed E-state index contributed by atoms with van der Waals surface area (Å²) in [5.41, 5.74) is 0. The maximum Gasteiger partial charge on any atom is 0.337 e. The molecule has 0 spiro atoms. The Kier molecular flexibility index (Phi) is 36.8. The van der Waals surface area contributed by atoms with E-state index < -0.39 is 23.9 Å². The maximum atomic E-state index is 13.0. The zero-order valence-corrected chi connectivity index (χ0v) is 43.3. The molecule has 6 N–H and O–H groups in total. The van der Waals surface area contributed by atoms with E-state index >= 15 is 0 Å². The van der Waals surface area contributed by atoms with Crippen LogP contribution in [0.15, 0.2) is 18.2 Å². The monoisotopic (exact) mass is 1040 g/mol. The highest BCUT2D eigenvalue weighted by Gasteiger charge is 2.30. The average Bonchev–Trinajstić information content (AvgIpc) is 3.34. The summed E-state index contributed by atoms with van der Waals surface area (Å²) in [7, 11) is 0. The highest BCUT2D eigenvalue weighted by atomic mass is 35.5. The minimum absolute atomic E-state index is 0.0603. The number of nitrogens with one attached hydrogen (secondary N) is 4. The minimum Gasteiger partial charge on any atom is -0.481 e. The average molecular weight is 1050 g/mol. The number of halogens is 2. The predicted molar refractivity (Wildman–Crippen MR) is 269 cm³/mol. The normalized spacial score (nSPS) is 14.8. The van der Waals surface area contributed by atoms with Gasteiger partial charge in [-0.15, -0.1) is 0 Å². The van der Waals surface area contributed by atoms with Crippen molar-refractivity contribution in [2.75, 3.05) is 72.5 Å². The molecule has 4 amide bonds. The lowest BCUT2D eigenvalue weighted by Crippen LogP contribution is -2.45. The van der Waals surface area contributed by atoms with Gasteiger partial charge >= 0.3 is 17.9 Å². The SMILES string of the molecule is O=C(O)CCCCCCCCCCCCCCCCCCC(=O)NC[C@H]1CC[C@H](C(=O)N[C@@H](CCC(=O)NCCOCCOCC(=O)NCCOCCOCC(=O)Oc2c(Cl)cccc2Cl)C(=O)O)CC1. The molecule has 0 saturated heterocycles. The molecule has 1 fully saturated rings. The Morgan fingerprint density at radius 1 is 0.549 bits per heavy atom. The van der Waals surface area contributed by atoms with Crippen molar-refractivity contribution in [2.45, 2.75) is 160 Å². The molecule has 2 rings (SSSR count). The number of hydrogen-bond donors (Lipinski definition) is 6. The van der Waals surface area contributed by atoms with E-state index in [0.717, 1.165) is 51.4 Å². The van der Waals surface area contributed by atoms with Crippen molar-refractivity contribution in [1.82, 2.24) is 21.3 Å². The van der Waals surface area contributed by atoms with Crippen LogP contribution in [0.2, 0.25) is 10.0 Å². The molecule has 0 unspecified atom stereocenters. The van der Waals surface area contributed by atoms with E-state index in [0.29, 0.717) is 25.8 Å². The fourth-order valence-electron chi connectivity index (χ4n) is 7.98. The second-order valence-electron chi connectivity index (χ2n) is 18.1. The number of para-hydroxylation sites is 1. The number of carbonyl (C=O) groups excluding carboxylic acids is 5. The summed E-state index contributed by atoms with van der Waals surface area (Å²) >= 11 is 11.9. The quantitative estimate of drug-likeness (QED) is 0.0209. The molecule has 0 aromatic heterocycles. The van der Waals surface area contributed by atoms with Crippen LogP contribution in [0.1, 0.15) is 154 Å². The minimum atomic E-state index is -1.21. The third kappa shape index (κ3) is 34.1. The molecule has 1 aliphatic rings. The highest BCUT2D eigenvalue weighted by Crippen LogP contribution is 2.32. The third-order valence-electron chi connectivity index (χ3n) is 12.1. The summed E-state index contributed by atoms with van der Waals surface area (Å²) in [6.07, 6.45) is 22.1. The number of aliphatic carboxylic acids is 2. The van der Waals surface area contributed by atoms with Crippen LogP contribution in [-0.2, 0) is 52.5 Å². The second-order valence-corrected chi connectivity index (χ2v) is 18.9. The molecular weight excluding hydrogens is 963 g/mol. The summed E-state index contributed by atoms with van der Waals surface area (Å²) in [5.74, 6) is -3.51. The van der Waals surface area contributed by atoms with E-state index in [1.54, 1.807) is 18.2 Å². The lowest BCUT2D eigenvalue weighted by molar-refractivity contribution is -0.143. The van der Waals surface area contributed by atoms with Crippen LogP contribution >= 0.6 is 23.2 Å². The van der Waals surface area contributed by atoms with Crippen molar-refractivity contribution >= 4 is 64.7 Å². The van der Waals surface area contributed by atoms with Crippen molar-refractivity contribution in [2.24, 2.45) is 11.8 Å². The Morgan fingerprint density at radius 2 is 1.01 bits per heavy atom. The molecule has 404 valence electrons. The first-order valence-corrected chi connectivity index (χ1v) is 26.6. The number of esters is 1. The Bertz CT molecular complexity index is 1660. The zero-order chi connectivity index (χ0) is 51.7. The number of rotatable bonds is 44. The largest absolute Gasteiger partial charge is 0.481 e. The summed E-state index contributed by atoms with van der Waals surface area (Å²) in [5, 5.41) is 29.8. The highest BCUT2D eigenvalue weighted by molar-refractivity contribution is 6.37. The van der Waals surface area contributed by atoms with Gasteiger partial charge < -0.3 is 55.2 Å². The third-order valence-corrected chi connectivity index (χ3v) is 12.7. The number of unbranched alkanes of at least 4 members (excludes halogenated alkanes) is 15. The van der Waals surface area contributed by atoms with Gasteiger partial charge in [0.25, 0.3) is 0 Å². The van der Waals surface area contributed by atoms with Crippen molar-refractivity contribution in [3.05, 3.63) is 28.2 Å². The number of carboxylic acids is 2. The first-order valence-electron chi connectivity index (χ1n) is 25.9. The van der Waals surface area contributed by atoms with Crippen LogP contribution in [-0.4, -0.2) is 130 Å². The lowest BCUT2D eigenvalue weighted by atomic mass is 9.81. The lowest BCUT2D eigenvalue weighted by Gasteiger charge is -2.28. The van der Waals surface area contributed by atoms with Gasteiger partial charge in [-0.2, -0.15) is 0 Å². The van der Waals surface area contributed by atoms with Crippen LogP contribution in [0.3, 0.4) is 0 Å². The Hall–Kier alpha value is -4.07. The van der Waals surface area contributed by atoms with Gasteiger partial charge in [-0.05, 0) is 63.0 Å². The number of hydrogen-bond acceptors (Lipinski definition) is 12. The smallest absolute Gasteiger partial charge is 0.337 e. The molecule has 0 aliphatic heterocycles. The summed E-state index contributed by atoms with van der Waals surface area (Å²) in [6, 6.07) is 3.53. The van der Waals surface area contributed by atoms with Crippen LogP contribution < -0.4 is 26.0 Å². The van der Waals surface area contributed by atoms with E-state index in [4.69, 9.17) is 52.0 Å². The van der Waals surface area contributed by atoms with Crippen molar-refractivity contribution in [3.63, 3.8) is 0 Å². The summed E-state index contributed by atoms with van der Waals surface area (Å²) < 4.78 is 26.4. The van der Waals surface area contributed by atoms with Gasteiger partial charge in [0.2, 0.25) is 23.6 Å². The van der Waals surface area contributed by atoms with Gasteiger partial charge in [-0.3, -0.25) is 24.0 Å². The predicted octanol–water partition coefficient (Wildman–Crippen LogP) is 7.58. The van der Waals surface area contributed by atoms with E-state index in [9.17, 15) is 38.7 Å². The molecule has 1 saturated carbocycles. The number of amides is 4. The molecule has 1 aromatic rings. The van der Waals surface area contributed by atoms with Gasteiger partial charge in [0.1, 0.15) is 19.3 Å². The second kappa shape index (κ2) is 41.4. The fraction of sp³-hybridized carbons (Fsp3) is 0.745. The first kappa shape index (κ1) is 63.0. The van der Waals surface area contributed by atoms with Gasteiger partial charge in [-0.1, -0.05) is 119 Å². The molecule has 71 heavy (non-hydrogen) atoms. The van der Waals surface area contributed by atoms with Gasteiger partial charge in [0.05, 0.1) is 49.7 Å². The Morgan fingerprint density at radius 3 is 1.54 bits per heavy atom. The number of carboxylic acid groups (broad SMARTS) is 2. The molecule has 0 radical (unpaired) electrons. The fourth-order valence-corrected chi connectivity index (χ4v) is 8.46. The van der Waals surface area contributed by atoms with Crippen molar-refractivity contribution in [3.8, 4) is 5.75 Å². The number of benzene rings is 1. The topological polar surface area (TPSA) is 254 Å². The van der Waals surface area contributed by atoms with Crippen LogP contribution in [0.25, 0.3) is 0 Å². The Balaban J connectivity index is 1.37. The molecule has 0 bridgehead atoms. The molecule has 20 heteroatoms. The molecule has 1 aliphatic carbocycles. The van der Waals surface area contributed by atoms with Crippen LogP contribution in [0, 0.1) is 11.8 Å². The van der Waals surface area contributed by atoms with Crippen molar-refractivity contribution < 1.29 is 67.5 Å². The number of ether oxygens (including phenoxy) is 5. The molecule has 1 aromatic carbocycles.